The molecule has 29 heavy (non-hydrogen) atoms. The monoisotopic (exact) mass is 410 g/mol. The van der Waals surface area contributed by atoms with Gasteiger partial charge in [0.15, 0.2) is 0 Å². The molecule has 1 aromatic carbocycles. The fraction of sp³-hybridized carbons (Fsp3) is 0.444. The van der Waals surface area contributed by atoms with Gasteiger partial charge in [-0.1, -0.05) is 30.3 Å². The fourth-order valence-corrected chi connectivity index (χ4v) is 2.29. The van der Waals surface area contributed by atoms with Crippen LogP contribution in [0.2, 0.25) is 0 Å². The molecule has 0 fully saturated rings. The quantitative estimate of drug-likeness (QED) is 0.202. The zero-order chi connectivity index (χ0) is 22.0. The van der Waals surface area contributed by atoms with Crippen molar-refractivity contribution in [3.05, 3.63) is 35.9 Å². The van der Waals surface area contributed by atoms with E-state index in [1.54, 1.807) is 30.3 Å². The molecule has 11 nitrogen and oxygen atoms in total. The van der Waals surface area contributed by atoms with Crippen molar-refractivity contribution in [2.75, 3.05) is 13.2 Å². The fourth-order valence-electron chi connectivity index (χ4n) is 2.29. The number of hydrogen-bond acceptors (Lipinski definition) is 7. The first-order valence-electron chi connectivity index (χ1n) is 8.84. The minimum atomic E-state index is -1.55. The van der Waals surface area contributed by atoms with Crippen molar-refractivity contribution in [1.29, 1.82) is 0 Å². The van der Waals surface area contributed by atoms with Gasteiger partial charge in [-0.05, 0) is 12.5 Å². The molecule has 1 aromatic rings. The number of aliphatic hydroxyl groups excluding tert-OH is 2. The standard InChI is InChI=1S/C18H26N4O7/c1-10(19)15(25)21-13(8-23)17(27)20-12(7-11-5-3-2-4-6-11)16(26)22-14(9-24)18(28)29/h2-6,10,12-14,23-24H,7-9,19H2,1H3,(H,20,27)(H,21,25)(H,22,26)(H,28,29). The van der Waals surface area contributed by atoms with Gasteiger partial charge in [0.2, 0.25) is 17.7 Å². The second-order valence-electron chi connectivity index (χ2n) is 6.37. The van der Waals surface area contributed by atoms with Crippen LogP contribution in [0, 0.1) is 0 Å². The molecule has 0 aliphatic rings. The number of carboxylic acid groups (broad SMARTS) is 1. The number of carboxylic acids is 1. The summed E-state index contributed by atoms with van der Waals surface area (Å²) in [5, 5.41) is 34.3. The average molecular weight is 410 g/mol. The van der Waals surface area contributed by atoms with E-state index in [-0.39, 0.29) is 6.42 Å². The maximum absolute atomic E-state index is 12.5. The van der Waals surface area contributed by atoms with Gasteiger partial charge in [-0.25, -0.2) is 4.79 Å². The Morgan fingerprint density at radius 1 is 0.862 bits per heavy atom. The number of nitrogens with one attached hydrogen (secondary N) is 3. The van der Waals surface area contributed by atoms with E-state index in [0.29, 0.717) is 5.56 Å². The van der Waals surface area contributed by atoms with Crippen LogP contribution < -0.4 is 21.7 Å². The number of rotatable bonds is 11. The number of carbonyl (C=O) groups is 4. The number of nitrogens with two attached hydrogens (primary N) is 1. The van der Waals surface area contributed by atoms with Crippen molar-refractivity contribution in [2.24, 2.45) is 5.73 Å². The molecule has 3 amide bonds. The van der Waals surface area contributed by atoms with Gasteiger partial charge in [0.05, 0.1) is 19.3 Å². The van der Waals surface area contributed by atoms with E-state index in [9.17, 15) is 24.3 Å². The first kappa shape index (κ1) is 24.0. The maximum Gasteiger partial charge on any atom is 0.328 e. The van der Waals surface area contributed by atoms with E-state index in [2.05, 4.69) is 16.0 Å². The summed E-state index contributed by atoms with van der Waals surface area (Å²) in [7, 11) is 0. The molecule has 8 N–H and O–H groups in total. The molecule has 11 heteroatoms. The molecule has 0 spiro atoms. The average Bonchev–Trinajstić information content (AvgIpc) is 2.69. The molecule has 0 radical (unpaired) electrons. The summed E-state index contributed by atoms with van der Waals surface area (Å²) in [5.74, 6) is -3.81. The Kier molecular flexibility index (Phi) is 9.72. The highest BCUT2D eigenvalue weighted by Crippen LogP contribution is 2.05. The predicted octanol–water partition coefficient (Wildman–Crippen LogP) is -2.90. The third-order valence-electron chi connectivity index (χ3n) is 3.94. The van der Waals surface area contributed by atoms with E-state index in [1.807, 2.05) is 0 Å². The predicted molar refractivity (Wildman–Crippen MR) is 101 cm³/mol. The van der Waals surface area contributed by atoms with Crippen molar-refractivity contribution >= 4 is 23.7 Å². The van der Waals surface area contributed by atoms with Crippen LogP contribution in [0.5, 0.6) is 0 Å². The van der Waals surface area contributed by atoms with Crippen molar-refractivity contribution < 1.29 is 34.5 Å². The lowest BCUT2D eigenvalue weighted by atomic mass is 10.0. The second-order valence-corrected chi connectivity index (χ2v) is 6.37. The van der Waals surface area contributed by atoms with E-state index < -0.39 is 61.1 Å². The number of hydrogen-bond donors (Lipinski definition) is 7. The van der Waals surface area contributed by atoms with Crippen LogP contribution in [0.1, 0.15) is 12.5 Å². The molecule has 0 aliphatic carbocycles. The van der Waals surface area contributed by atoms with Crippen LogP contribution >= 0.6 is 0 Å². The third kappa shape index (κ3) is 7.86. The van der Waals surface area contributed by atoms with Crippen molar-refractivity contribution in [2.45, 2.75) is 37.5 Å². The largest absolute Gasteiger partial charge is 0.480 e. The Morgan fingerprint density at radius 2 is 1.34 bits per heavy atom. The number of aliphatic carboxylic acids is 1. The molecule has 0 bridgehead atoms. The Morgan fingerprint density at radius 3 is 1.83 bits per heavy atom. The van der Waals surface area contributed by atoms with Gasteiger partial charge in [-0.3, -0.25) is 14.4 Å². The first-order chi connectivity index (χ1) is 13.7. The summed E-state index contributed by atoms with van der Waals surface area (Å²) in [6.07, 6.45) is 0.00949. The van der Waals surface area contributed by atoms with E-state index in [0.717, 1.165) is 0 Å². The van der Waals surface area contributed by atoms with Gasteiger partial charge in [0.1, 0.15) is 18.1 Å². The first-order valence-corrected chi connectivity index (χ1v) is 8.84. The Hall–Kier alpha value is -3.02. The molecular weight excluding hydrogens is 384 g/mol. The number of carbonyl (C=O) groups excluding carboxylic acids is 3. The zero-order valence-electron chi connectivity index (χ0n) is 15.9. The lowest BCUT2D eigenvalue weighted by Gasteiger charge is -2.24. The zero-order valence-corrected chi connectivity index (χ0v) is 15.9. The summed E-state index contributed by atoms with van der Waals surface area (Å²) in [6, 6.07) is 3.56. The van der Waals surface area contributed by atoms with Crippen molar-refractivity contribution in [1.82, 2.24) is 16.0 Å². The highest BCUT2D eigenvalue weighted by molar-refractivity contribution is 5.94. The van der Waals surface area contributed by atoms with Crippen molar-refractivity contribution in [3.8, 4) is 0 Å². The molecule has 0 aromatic heterocycles. The van der Waals surface area contributed by atoms with E-state index in [4.69, 9.17) is 15.9 Å². The van der Waals surface area contributed by atoms with Crippen LogP contribution in [0.15, 0.2) is 30.3 Å². The Balaban J connectivity index is 2.97. The minimum absolute atomic E-state index is 0.00949. The van der Waals surface area contributed by atoms with Gasteiger partial charge in [0.25, 0.3) is 0 Å². The van der Waals surface area contributed by atoms with Gasteiger partial charge in [-0.2, -0.15) is 0 Å². The van der Waals surface area contributed by atoms with E-state index >= 15 is 0 Å². The molecule has 0 aliphatic heterocycles. The van der Waals surface area contributed by atoms with Gasteiger partial charge in [0, 0.05) is 6.42 Å². The maximum atomic E-state index is 12.5. The molecule has 0 saturated heterocycles. The number of benzene rings is 1. The third-order valence-corrected chi connectivity index (χ3v) is 3.94. The molecular formula is C18H26N4O7. The minimum Gasteiger partial charge on any atom is -0.480 e. The SMILES string of the molecule is CC(N)C(=O)NC(CO)C(=O)NC(Cc1ccccc1)C(=O)NC(CO)C(=O)O. The van der Waals surface area contributed by atoms with Crippen LogP contribution in [-0.2, 0) is 25.6 Å². The normalized spacial score (nSPS) is 14.8. The second kappa shape index (κ2) is 11.7. The van der Waals surface area contributed by atoms with Crippen LogP contribution in [-0.4, -0.2) is 76.4 Å². The Bertz CT molecular complexity index is 711. The molecule has 160 valence electrons. The van der Waals surface area contributed by atoms with Crippen LogP contribution in [0.25, 0.3) is 0 Å². The number of amides is 3. The molecule has 4 unspecified atom stereocenters. The summed E-state index contributed by atoms with van der Waals surface area (Å²) in [6.45, 7) is -0.177. The van der Waals surface area contributed by atoms with Gasteiger partial charge in [-0.15, -0.1) is 0 Å². The van der Waals surface area contributed by atoms with Crippen molar-refractivity contribution in [3.63, 3.8) is 0 Å². The molecule has 0 saturated carbocycles. The van der Waals surface area contributed by atoms with Crippen LogP contribution in [0.3, 0.4) is 0 Å². The summed E-state index contributed by atoms with van der Waals surface area (Å²) in [4.78, 5) is 47.7. The summed E-state index contributed by atoms with van der Waals surface area (Å²) < 4.78 is 0. The molecule has 0 heterocycles. The lowest BCUT2D eigenvalue weighted by molar-refractivity contribution is -0.143. The smallest absolute Gasteiger partial charge is 0.328 e. The Labute approximate surface area is 167 Å². The summed E-state index contributed by atoms with van der Waals surface area (Å²) in [5.41, 5.74) is 6.09. The summed E-state index contributed by atoms with van der Waals surface area (Å²) >= 11 is 0. The number of aliphatic hydroxyl groups is 2. The molecule has 4 atom stereocenters. The van der Waals surface area contributed by atoms with E-state index in [1.165, 1.54) is 6.92 Å². The highest BCUT2D eigenvalue weighted by atomic mass is 16.4. The van der Waals surface area contributed by atoms with Gasteiger partial charge < -0.3 is 37.0 Å². The highest BCUT2D eigenvalue weighted by Gasteiger charge is 2.29. The van der Waals surface area contributed by atoms with Crippen LogP contribution in [0.4, 0.5) is 0 Å². The van der Waals surface area contributed by atoms with Gasteiger partial charge >= 0.3 is 5.97 Å². The lowest BCUT2D eigenvalue weighted by Crippen LogP contribution is -2.58. The molecule has 1 rings (SSSR count). The topological polar surface area (TPSA) is 191 Å².